The summed E-state index contributed by atoms with van der Waals surface area (Å²) < 4.78 is 4.74. The molecule has 0 atom stereocenters. The van der Waals surface area contributed by atoms with E-state index in [0.29, 0.717) is 0 Å². The number of aromatic nitrogens is 1. The number of carbonyl (C=O) groups is 2. The molecule has 0 radical (unpaired) electrons. The van der Waals surface area contributed by atoms with Crippen LogP contribution in [0.15, 0.2) is 5.18 Å². The second-order valence-electron chi connectivity index (χ2n) is 3.15. The fraction of sp³-hybridized carbons (Fsp3) is 0.444. The van der Waals surface area contributed by atoms with Crippen molar-refractivity contribution in [3.63, 3.8) is 0 Å². The summed E-state index contributed by atoms with van der Waals surface area (Å²) in [6, 6.07) is 0. The molecular formula is C9H12N4O4S. The van der Waals surface area contributed by atoms with Crippen molar-refractivity contribution in [1.29, 1.82) is 0 Å². The van der Waals surface area contributed by atoms with Crippen molar-refractivity contribution in [2.45, 2.75) is 20.3 Å². The highest BCUT2D eigenvalue weighted by Crippen LogP contribution is 2.31. The van der Waals surface area contributed by atoms with Crippen molar-refractivity contribution in [2.24, 2.45) is 5.18 Å². The number of ether oxygens (including phenoxy) is 1. The predicted molar refractivity (Wildman–Crippen MR) is 65.3 cm³/mol. The number of hydrogen-bond donors (Lipinski definition) is 2. The number of hydrazine groups is 1. The van der Waals surface area contributed by atoms with Crippen LogP contribution in [0.25, 0.3) is 0 Å². The smallest absolute Gasteiger partial charge is 0.311 e. The van der Waals surface area contributed by atoms with Crippen LogP contribution in [0.5, 0.6) is 0 Å². The quantitative estimate of drug-likeness (QED) is 0.456. The molecule has 1 rings (SSSR count). The number of nitrogens with one attached hydrogen (secondary N) is 2. The van der Waals surface area contributed by atoms with Crippen LogP contribution < -0.4 is 10.9 Å². The van der Waals surface area contributed by atoms with E-state index in [1.165, 1.54) is 6.92 Å². The first-order valence-electron chi connectivity index (χ1n) is 5.08. The Morgan fingerprint density at radius 1 is 1.50 bits per heavy atom. The van der Waals surface area contributed by atoms with E-state index in [2.05, 4.69) is 21.0 Å². The Morgan fingerprint density at radius 2 is 2.22 bits per heavy atom. The number of rotatable bonds is 6. The normalized spacial score (nSPS) is 9.67. The third-order valence-electron chi connectivity index (χ3n) is 1.72. The second-order valence-corrected chi connectivity index (χ2v) is 4.13. The van der Waals surface area contributed by atoms with Crippen LogP contribution in [0.2, 0.25) is 0 Å². The third-order valence-corrected chi connectivity index (χ3v) is 2.61. The van der Waals surface area contributed by atoms with E-state index >= 15 is 0 Å². The average Bonchev–Trinajstić information content (AvgIpc) is 2.69. The molecule has 0 aliphatic heterocycles. The van der Waals surface area contributed by atoms with Crippen LogP contribution in [-0.4, -0.2) is 23.5 Å². The van der Waals surface area contributed by atoms with Crippen molar-refractivity contribution < 1.29 is 14.3 Å². The Labute approximate surface area is 107 Å². The van der Waals surface area contributed by atoms with Gasteiger partial charge in [0.2, 0.25) is 11.0 Å². The molecule has 0 unspecified atom stereocenters. The van der Waals surface area contributed by atoms with E-state index in [4.69, 9.17) is 4.74 Å². The van der Waals surface area contributed by atoms with Gasteiger partial charge in [0.1, 0.15) is 0 Å². The zero-order valence-electron chi connectivity index (χ0n) is 9.85. The van der Waals surface area contributed by atoms with E-state index in [-0.39, 0.29) is 34.8 Å². The fourth-order valence-electron chi connectivity index (χ4n) is 1.07. The molecule has 0 aliphatic carbocycles. The summed E-state index contributed by atoms with van der Waals surface area (Å²) in [5.74, 6) is -0.795. The van der Waals surface area contributed by atoms with Crippen molar-refractivity contribution in [3.8, 4) is 0 Å². The molecule has 0 aliphatic rings. The fourth-order valence-corrected chi connectivity index (χ4v) is 1.79. The minimum atomic E-state index is -0.487. The first kappa shape index (κ1) is 14.0. The lowest BCUT2D eigenvalue weighted by Crippen LogP contribution is -2.26. The highest BCUT2D eigenvalue weighted by atomic mass is 32.1. The number of carbonyl (C=O) groups excluding carboxylic acids is 2. The Hall–Kier alpha value is -2.03. The third kappa shape index (κ3) is 4.09. The van der Waals surface area contributed by atoms with E-state index < -0.39 is 5.97 Å². The van der Waals surface area contributed by atoms with Crippen LogP contribution >= 0.6 is 11.3 Å². The van der Waals surface area contributed by atoms with Gasteiger partial charge in [0.15, 0.2) is 5.00 Å². The Kier molecular flexibility index (Phi) is 5.18. The van der Waals surface area contributed by atoms with Gasteiger partial charge in [-0.05, 0) is 12.1 Å². The van der Waals surface area contributed by atoms with Gasteiger partial charge in [-0.25, -0.2) is 4.98 Å². The maximum Gasteiger partial charge on any atom is 0.311 e. The molecule has 0 bridgehead atoms. The molecule has 18 heavy (non-hydrogen) atoms. The first-order chi connectivity index (χ1) is 8.56. The Balaban J connectivity index is 2.74. The number of anilines is 1. The standard InChI is InChI=1S/C9H12N4O4S/c1-3-17-7(15)4-6-8(13-16)18-9(10-6)12-11-5(2)14/h3-4H2,1-2H3,(H,10,12)(H,11,14). The predicted octanol–water partition coefficient (Wildman–Crippen LogP) is 1.11. The summed E-state index contributed by atoms with van der Waals surface area (Å²) >= 11 is 0.938. The molecule has 9 heteroatoms. The summed E-state index contributed by atoms with van der Waals surface area (Å²) in [4.78, 5) is 36.5. The molecule has 0 saturated heterocycles. The van der Waals surface area contributed by atoms with Crippen molar-refractivity contribution in [1.82, 2.24) is 10.4 Å². The number of esters is 1. The van der Waals surface area contributed by atoms with Gasteiger partial charge in [-0.2, -0.15) is 0 Å². The molecule has 0 saturated carbocycles. The van der Waals surface area contributed by atoms with Crippen molar-refractivity contribution in [3.05, 3.63) is 10.6 Å². The molecule has 0 aromatic carbocycles. The summed E-state index contributed by atoms with van der Waals surface area (Å²) in [7, 11) is 0. The van der Waals surface area contributed by atoms with Crippen molar-refractivity contribution >= 4 is 33.3 Å². The minimum absolute atomic E-state index is 0.0795. The molecule has 2 N–H and O–H groups in total. The average molecular weight is 272 g/mol. The van der Waals surface area contributed by atoms with Gasteiger partial charge in [-0.15, -0.1) is 4.91 Å². The monoisotopic (exact) mass is 272 g/mol. The Morgan fingerprint density at radius 3 is 2.78 bits per heavy atom. The number of nitroso groups, excluding NO2 is 1. The molecule has 1 aromatic rings. The van der Waals surface area contributed by atoms with E-state index in [1.807, 2.05) is 0 Å². The highest BCUT2D eigenvalue weighted by molar-refractivity contribution is 7.19. The zero-order chi connectivity index (χ0) is 13.5. The maximum atomic E-state index is 11.3. The van der Waals surface area contributed by atoms with Crippen LogP contribution in [0.1, 0.15) is 19.5 Å². The Bertz CT molecular complexity index is 459. The van der Waals surface area contributed by atoms with Gasteiger partial charge in [0.25, 0.3) is 0 Å². The summed E-state index contributed by atoms with van der Waals surface area (Å²) in [5, 5.41) is 3.13. The zero-order valence-corrected chi connectivity index (χ0v) is 10.7. The number of hydrogen-bond acceptors (Lipinski definition) is 8. The largest absolute Gasteiger partial charge is 0.466 e. The van der Waals surface area contributed by atoms with Gasteiger partial charge in [-0.3, -0.25) is 20.4 Å². The SMILES string of the molecule is CCOC(=O)Cc1nc(NNC(C)=O)sc1N=O. The maximum absolute atomic E-state index is 11.3. The van der Waals surface area contributed by atoms with E-state index in [0.717, 1.165) is 11.3 Å². The van der Waals surface area contributed by atoms with Gasteiger partial charge in [-0.1, -0.05) is 11.3 Å². The minimum Gasteiger partial charge on any atom is -0.466 e. The summed E-state index contributed by atoms with van der Waals surface area (Å²) in [5.41, 5.74) is 5.03. The molecule has 98 valence electrons. The topological polar surface area (TPSA) is 110 Å². The number of thiazole rings is 1. The van der Waals surface area contributed by atoms with Gasteiger partial charge >= 0.3 is 5.97 Å². The molecule has 8 nitrogen and oxygen atoms in total. The van der Waals surface area contributed by atoms with Crippen LogP contribution in [0.4, 0.5) is 10.1 Å². The van der Waals surface area contributed by atoms with Gasteiger partial charge in [0.05, 0.1) is 18.7 Å². The van der Waals surface area contributed by atoms with Gasteiger partial charge < -0.3 is 4.74 Å². The molecule has 0 fully saturated rings. The molecule has 0 spiro atoms. The number of amides is 1. The molecular weight excluding hydrogens is 260 g/mol. The summed E-state index contributed by atoms with van der Waals surface area (Å²) in [6.45, 7) is 3.25. The van der Waals surface area contributed by atoms with Crippen molar-refractivity contribution in [2.75, 3.05) is 12.0 Å². The van der Waals surface area contributed by atoms with Crippen LogP contribution in [0, 0.1) is 4.91 Å². The molecule has 1 amide bonds. The van der Waals surface area contributed by atoms with Crippen LogP contribution in [-0.2, 0) is 20.7 Å². The van der Waals surface area contributed by atoms with Gasteiger partial charge in [0, 0.05) is 6.92 Å². The van der Waals surface area contributed by atoms with E-state index in [9.17, 15) is 14.5 Å². The lowest BCUT2D eigenvalue weighted by Gasteiger charge is -2.00. The number of nitrogens with zero attached hydrogens (tertiary/aromatic N) is 2. The lowest BCUT2D eigenvalue weighted by molar-refractivity contribution is -0.142. The second kappa shape index (κ2) is 6.64. The highest BCUT2D eigenvalue weighted by Gasteiger charge is 2.16. The molecule has 1 heterocycles. The lowest BCUT2D eigenvalue weighted by atomic mass is 10.3. The summed E-state index contributed by atoms with van der Waals surface area (Å²) in [6.07, 6.45) is -0.132. The van der Waals surface area contributed by atoms with E-state index in [1.54, 1.807) is 6.92 Å². The van der Waals surface area contributed by atoms with Crippen LogP contribution in [0.3, 0.4) is 0 Å². The molecule has 1 aromatic heterocycles. The first-order valence-corrected chi connectivity index (χ1v) is 5.89.